The number of hydrogen-bond acceptors (Lipinski definition) is 2. The minimum absolute atomic E-state index is 0.239. The molecule has 1 rings (SSSR count). The Morgan fingerprint density at radius 2 is 1.93 bits per heavy atom. The molecule has 0 heterocycles. The lowest BCUT2D eigenvalue weighted by Gasteiger charge is -2.25. The van der Waals surface area contributed by atoms with Crippen molar-refractivity contribution in [2.24, 2.45) is 0 Å². The first-order valence-electron chi connectivity index (χ1n) is 4.74. The fourth-order valence-electron chi connectivity index (χ4n) is 1.39. The fourth-order valence-corrected chi connectivity index (χ4v) is 1.50. The normalized spacial score (nSPS) is 11.8. The maximum atomic E-state index is 13.0. The van der Waals surface area contributed by atoms with Gasteiger partial charge in [0.15, 0.2) is 11.6 Å². The third kappa shape index (κ3) is 3.18. The minimum Gasteiger partial charge on any atom is -0.307 e. The Morgan fingerprint density at radius 1 is 1.27 bits per heavy atom. The van der Waals surface area contributed by atoms with Crippen LogP contribution in [0.25, 0.3) is 0 Å². The summed E-state index contributed by atoms with van der Waals surface area (Å²) in [7, 11) is 0. The number of rotatable bonds is 4. The molecule has 1 aromatic rings. The zero-order valence-corrected chi connectivity index (χ0v) is 9.74. The number of thiol groups is 1. The predicted molar refractivity (Wildman–Crippen MR) is 61.2 cm³/mol. The molecule has 1 N–H and O–H groups in total. The highest BCUT2D eigenvalue weighted by atomic mass is 32.1. The first-order chi connectivity index (χ1) is 6.97. The highest BCUT2D eigenvalue weighted by Gasteiger charge is 2.21. The summed E-state index contributed by atoms with van der Waals surface area (Å²) in [4.78, 5) is 0. The maximum Gasteiger partial charge on any atom is 0.159 e. The van der Waals surface area contributed by atoms with Crippen LogP contribution in [0.4, 0.5) is 8.78 Å². The van der Waals surface area contributed by atoms with E-state index in [1.54, 1.807) is 6.07 Å². The van der Waals surface area contributed by atoms with Gasteiger partial charge in [0.25, 0.3) is 0 Å². The van der Waals surface area contributed by atoms with Gasteiger partial charge in [-0.25, -0.2) is 8.78 Å². The Morgan fingerprint density at radius 3 is 2.47 bits per heavy atom. The van der Waals surface area contributed by atoms with Gasteiger partial charge in [-0.1, -0.05) is 19.9 Å². The molecule has 1 aromatic carbocycles. The molecule has 0 aliphatic heterocycles. The summed E-state index contributed by atoms with van der Waals surface area (Å²) in [6.45, 7) is 4.60. The van der Waals surface area contributed by atoms with Crippen LogP contribution in [0.15, 0.2) is 18.2 Å². The van der Waals surface area contributed by atoms with Crippen LogP contribution < -0.4 is 5.32 Å². The van der Waals surface area contributed by atoms with Gasteiger partial charge in [-0.05, 0) is 17.7 Å². The molecule has 0 saturated carbocycles. The molecule has 0 saturated heterocycles. The van der Waals surface area contributed by atoms with Gasteiger partial charge in [0, 0.05) is 17.8 Å². The third-order valence-corrected chi connectivity index (χ3v) is 2.60. The molecule has 0 atom stereocenters. The largest absolute Gasteiger partial charge is 0.307 e. The number of benzene rings is 1. The third-order valence-electron chi connectivity index (χ3n) is 2.38. The van der Waals surface area contributed by atoms with E-state index < -0.39 is 11.6 Å². The second-order valence-corrected chi connectivity index (χ2v) is 4.41. The van der Waals surface area contributed by atoms with Gasteiger partial charge in [-0.15, -0.1) is 0 Å². The quantitative estimate of drug-likeness (QED) is 0.600. The first-order valence-corrected chi connectivity index (χ1v) is 5.38. The standard InChI is InChI=1S/C11H15F2NS/c1-11(2,6-14-7-15)8-3-4-9(12)10(13)5-8/h3-5,14-15H,6-7H2,1-2H3. The van der Waals surface area contributed by atoms with E-state index in [0.717, 1.165) is 11.6 Å². The van der Waals surface area contributed by atoms with Gasteiger partial charge < -0.3 is 5.32 Å². The minimum atomic E-state index is -0.809. The van der Waals surface area contributed by atoms with Crippen molar-refractivity contribution in [3.63, 3.8) is 0 Å². The Hall–Kier alpha value is -0.610. The van der Waals surface area contributed by atoms with Gasteiger partial charge in [0.1, 0.15) is 0 Å². The van der Waals surface area contributed by atoms with Crippen molar-refractivity contribution in [3.8, 4) is 0 Å². The van der Waals surface area contributed by atoms with E-state index in [1.165, 1.54) is 6.07 Å². The number of hydrogen-bond donors (Lipinski definition) is 2. The van der Waals surface area contributed by atoms with Crippen LogP contribution in [0.3, 0.4) is 0 Å². The van der Waals surface area contributed by atoms with Crippen LogP contribution in [-0.4, -0.2) is 12.4 Å². The van der Waals surface area contributed by atoms with E-state index in [1.807, 2.05) is 13.8 Å². The molecule has 0 unspecified atom stereocenters. The lowest BCUT2D eigenvalue weighted by molar-refractivity contribution is 0.472. The van der Waals surface area contributed by atoms with Crippen molar-refractivity contribution in [3.05, 3.63) is 35.4 Å². The van der Waals surface area contributed by atoms with Crippen LogP contribution in [-0.2, 0) is 5.41 Å². The van der Waals surface area contributed by atoms with Crippen molar-refractivity contribution in [2.75, 3.05) is 12.4 Å². The monoisotopic (exact) mass is 231 g/mol. The molecular formula is C11H15F2NS. The molecule has 0 radical (unpaired) electrons. The lowest BCUT2D eigenvalue weighted by atomic mass is 9.84. The zero-order chi connectivity index (χ0) is 11.5. The molecular weight excluding hydrogens is 216 g/mol. The lowest BCUT2D eigenvalue weighted by Crippen LogP contribution is -2.32. The van der Waals surface area contributed by atoms with Crippen molar-refractivity contribution >= 4 is 12.6 Å². The average molecular weight is 231 g/mol. The van der Waals surface area contributed by atoms with Crippen LogP contribution in [0.5, 0.6) is 0 Å². The van der Waals surface area contributed by atoms with Crippen LogP contribution in [0.2, 0.25) is 0 Å². The second kappa shape index (κ2) is 4.94. The van der Waals surface area contributed by atoms with Gasteiger partial charge in [0.05, 0.1) is 0 Å². The summed E-state index contributed by atoms with van der Waals surface area (Å²) in [5.74, 6) is -1.05. The molecule has 0 bridgehead atoms. The molecule has 0 aromatic heterocycles. The zero-order valence-electron chi connectivity index (χ0n) is 8.85. The van der Waals surface area contributed by atoms with Crippen molar-refractivity contribution in [1.82, 2.24) is 5.32 Å². The topological polar surface area (TPSA) is 12.0 Å². The van der Waals surface area contributed by atoms with Gasteiger partial charge in [0.2, 0.25) is 0 Å². The Balaban J connectivity index is 2.89. The summed E-state index contributed by atoms with van der Waals surface area (Å²) in [5.41, 5.74) is 0.535. The van der Waals surface area contributed by atoms with E-state index in [4.69, 9.17) is 0 Å². The predicted octanol–water partition coefficient (Wildman–Crippen LogP) is 2.72. The van der Waals surface area contributed by atoms with Gasteiger partial charge in [-0.3, -0.25) is 0 Å². The van der Waals surface area contributed by atoms with E-state index >= 15 is 0 Å². The highest BCUT2D eigenvalue weighted by molar-refractivity contribution is 7.80. The molecule has 1 nitrogen and oxygen atoms in total. The van der Waals surface area contributed by atoms with Crippen molar-refractivity contribution in [1.29, 1.82) is 0 Å². The fraction of sp³-hybridized carbons (Fsp3) is 0.455. The van der Waals surface area contributed by atoms with E-state index in [0.29, 0.717) is 12.4 Å². The SMILES string of the molecule is CC(C)(CNCS)c1ccc(F)c(F)c1. The first kappa shape index (κ1) is 12.5. The highest BCUT2D eigenvalue weighted by Crippen LogP contribution is 2.23. The smallest absolute Gasteiger partial charge is 0.159 e. The maximum absolute atomic E-state index is 13.0. The van der Waals surface area contributed by atoms with E-state index in [2.05, 4.69) is 17.9 Å². The molecule has 0 aliphatic carbocycles. The Labute approximate surface area is 94.3 Å². The van der Waals surface area contributed by atoms with E-state index in [9.17, 15) is 8.78 Å². The van der Waals surface area contributed by atoms with Crippen LogP contribution in [0, 0.1) is 11.6 Å². The van der Waals surface area contributed by atoms with Gasteiger partial charge >= 0.3 is 0 Å². The summed E-state index contributed by atoms with van der Waals surface area (Å²) < 4.78 is 25.8. The van der Waals surface area contributed by atoms with Crippen molar-refractivity contribution in [2.45, 2.75) is 19.3 Å². The second-order valence-electron chi connectivity index (χ2n) is 4.10. The molecule has 0 spiro atoms. The summed E-state index contributed by atoms with van der Waals surface area (Å²) >= 11 is 4.04. The molecule has 0 amide bonds. The van der Waals surface area contributed by atoms with Crippen molar-refractivity contribution < 1.29 is 8.78 Å². The van der Waals surface area contributed by atoms with Gasteiger partial charge in [-0.2, -0.15) is 12.6 Å². The molecule has 0 aliphatic rings. The van der Waals surface area contributed by atoms with Crippen LogP contribution in [0.1, 0.15) is 19.4 Å². The molecule has 0 fully saturated rings. The average Bonchev–Trinajstić information content (AvgIpc) is 2.19. The molecule has 15 heavy (non-hydrogen) atoms. The summed E-state index contributed by atoms with van der Waals surface area (Å²) in [6, 6.07) is 4.02. The number of nitrogens with one attached hydrogen (secondary N) is 1. The number of halogens is 2. The molecule has 4 heteroatoms. The Bertz CT molecular complexity index is 339. The Kier molecular flexibility index (Phi) is 4.11. The van der Waals surface area contributed by atoms with E-state index in [-0.39, 0.29) is 5.41 Å². The van der Waals surface area contributed by atoms with Crippen LogP contribution >= 0.6 is 12.6 Å². The summed E-state index contributed by atoms with van der Waals surface area (Å²) in [6.07, 6.45) is 0. The summed E-state index contributed by atoms with van der Waals surface area (Å²) in [5, 5.41) is 3.07. The molecule has 84 valence electrons.